The molecule has 0 radical (unpaired) electrons. The van der Waals surface area contributed by atoms with Crippen LogP contribution in [0.1, 0.15) is 53.3 Å². The molecule has 7 heteroatoms. The zero-order chi connectivity index (χ0) is 19.6. The molecule has 6 nitrogen and oxygen atoms in total. The van der Waals surface area contributed by atoms with Crippen molar-refractivity contribution in [2.24, 2.45) is 4.99 Å². The smallest absolute Gasteiger partial charge is 0.261 e. The molecule has 0 unspecified atom stereocenters. The number of imide groups is 1. The Hall–Kier alpha value is -1.90. The largest absolute Gasteiger partial charge is 0.357 e. The van der Waals surface area contributed by atoms with E-state index in [1.807, 2.05) is 13.1 Å². The summed E-state index contributed by atoms with van der Waals surface area (Å²) in [5.41, 5.74) is 1.02. The third kappa shape index (κ3) is 6.32. The summed E-state index contributed by atoms with van der Waals surface area (Å²) in [6.45, 7) is 8.64. The van der Waals surface area contributed by atoms with Gasteiger partial charge in [-0.1, -0.05) is 18.2 Å². The Morgan fingerprint density at radius 2 is 1.82 bits per heavy atom. The Kier molecular flexibility index (Phi) is 10.8. The van der Waals surface area contributed by atoms with Gasteiger partial charge in [-0.05, 0) is 44.7 Å². The number of rotatable bonds is 10. The first-order chi connectivity index (χ1) is 13.1. The second-order valence-electron chi connectivity index (χ2n) is 6.60. The summed E-state index contributed by atoms with van der Waals surface area (Å²) in [5, 5.41) is 3.30. The number of benzene rings is 1. The topological polar surface area (TPSA) is 65.0 Å². The molecule has 0 bridgehead atoms. The summed E-state index contributed by atoms with van der Waals surface area (Å²) in [5.74, 6) is 0.520. The van der Waals surface area contributed by atoms with Crippen LogP contribution in [0.3, 0.4) is 0 Å². The fourth-order valence-corrected chi connectivity index (χ4v) is 3.06. The summed E-state index contributed by atoms with van der Waals surface area (Å²) >= 11 is 0. The van der Waals surface area contributed by atoms with E-state index in [0.717, 1.165) is 44.7 Å². The SMILES string of the molecule is C=CCCCN(C)C(=NCCCCN1C(=O)c2ccccc2C1=O)NCC.I. The zero-order valence-electron chi connectivity index (χ0n) is 16.8. The first-order valence-corrected chi connectivity index (χ1v) is 9.65. The van der Waals surface area contributed by atoms with Crippen molar-refractivity contribution < 1.29 is 9.59 Å². The maximum absolute atomic E-state index is 12.3. The van der Waals surface area contributed by atoms with Crippen LogP contribution in [0.15, 0.2) is 41.9 Å². The van der Waals surface area contributed by atoms with Crippen molar-refractivity contribution in [1.29, 1.82) is 0 Å². The quantitative estimate of drug-likeness (QED) is 0.134. The van der Waals surface area contributed by atoms with Crippen molar-refractivity contribution in [2.45, 2.75) is 32.6 Å². The molecule has 0 fully saturated rings. The fraction of sp³-hybridized carbons (Fsp3) is 0.476. The van der Waals surface area contributed by atoms with Gasteiger partial charge in [0.15, 0.2) is 5.96 Å². The van der Waals surface area contributed by atoms with E-state index in [0.29, 0.717) is 24.2 Å². The van der Waals surface area contributed by atoms with Crippen LogP contribution < -0.4 is 5.32 Å². The van der Waals surface area contributed by atoms with Gasteiger partial charge in [0.05, 0.1) is 11.1 Å². The normalized spacial score (nSPS) is 13.2. The van der Waals surface area contributed by atoms with Crippen molar-refractivity contribution in [2.75, 3.05) is 33.2 Å². The van der Waals surface area contributed by atoms with E-state index < -0.39 is 0 Å². The van der Waals surface area contributed by atoms with Gasteiger partial charge in [-0.25, -0.2) is 0 Å². The summed E-state index contributed by atoms with van der Waals surface area (Å²) in [7, 11) is 2.03. The number of unbranched alkanes of at least 4 members (excludes halogenated alkanes) is 2. The van der Waals surface area contributed by atoms with E-state index >= 15 is 0 Å². The van der Waals surface area contributed by atoms with Crippen LogP contribution >= 0.6 is 24.0 Å². The summed E-state index contributed by atoms with van der Waals surface area (Å²) in [6.07, 6.45) is 5.53. The Morgan fingerprint density at radius 1 is 1.18 bits per heavy atom. The van der Waals surface area contributed by atoms with Crippen LogP contribution in [0.25, 0.3) is 0 Å². The number of carbonyl (C=O) groups is 2. The van der Waals surface area contributed by atoms with Crippen LogP contribution in [-0.2, 0) is 0 Å². The highest BCUT2D eigenvalue weighted by molar-refractivity contribution is 14.0. The molecule has 0 saturated heterocycles. The van der Waals surface area contributed by atoms with Crippen LogP contribution in [0.4, 0.5) is 0 Å². The average Bonchev–Trinajstić information content (AvgIpc) is 2.92. The lowest BCUT2D eigenvalue weighted by Crippen LogP contribution is -2.39. The van der Waals surface area contributed by atoms with Crippen molar-refractivity contribution in [1.82, 2.24) is 15.1 Å². The van der Waals surface area contributed by atoms with Gasteiger partial charge in [-0.3, -0.25) is 19.5 Å². The standard InChI is InChI=1S/C21H30N4O2.HI/c1-4-6-10-15-24(3)21(22-5-2)23-14-9-11-16-25-19(26)17-12-7-8-13-18(17)20(25)27;/h4,7-8,12-13H,1,5-6,9-11,14-16H2,2-3H3,(H,22,23);1H. The third-order valence-corrected chi connectivity index (χ3v) is 4.53. The second kappa shape index (κ2) is 12.5. The highest BCUT2D eigenvalue weighted by atomic mass is 127. The molecular formula is C21H31IN4O2. The minimum atomic E-state index is -0.186. The molecule has 28 heavy (non-hydrogen) atoms. The molecule has 2 rings (SSSR count). The van der Waals surface area contributed by atoms with E-state index in [9.17, 15) is 9.59 Å². The van der Waals surface area contributed by atoms with Gasteiger partial charge in [-0.15, -0.1) is 30.6 Å². The first kappa shape index (κ1) is 24.1. The highest BCUT2D eigenvalue weighted by Gasteiger charge is 2.34. The molecule has 1 aliphatic rings. The van der Waals surface area contributed by atoms with E-state index in [1.165, 1.54) is 4.90 Å². The molecule has 0 saturated carbocycles. The number of halogens is 1. The molecule has 154 valence electrons. The minimum absolute atomic E-state index is 0. The van der Waals surface area contributed by atoms with Gasteiger partial charge in [0, 0.05) is 33.2 Å². The predicted octanol–water partition coefficient (Wildman–Crippen LogP) is 3.54. The Bertz CT molecular complexity index is 670. The number of aliphatic imine (C=N–C) groups is 1. The molecule has 1 aromatic carbocycles. The van der Waals surface area contributed by atoms with Crippen LogP contribution in [0.2, 0.25) is 0 Å². The van der Waals surface area contributed by atoms with Crippen molar-refractivity contribution >= 4 is 41.8 Å². The Labute approximate surface area is 185 Å². The number of nitrogens with one attached hydrogen (secondary N) is 1. The summed E-state index contributed by atoms with van der Waals surface area (Å²) in [6, 6.07) is 7.00. The molecule has 0 spiro atoms. The van der Waals surface area contributed by atoms with Crippen LogP contribution in [0, 0.1) is 0 Å². The molecule has 0 aromatic heterocycles. The molecule has 0 aliphatic carbocycles. The lowest BCUT2D eigenvalue weighted by Gasteiger charge is -2.21. The van der Waals surface area contributed by atoms with Crippen LogP contribution in [-0.4, -0.2) is 60.8 Å². The first-order valence-electron chi connectivity index (χ1n) is 9.65. The minimum Gasteiger partial charge on any atom is -0.357 e. The molecule has 1 aromatic rings. The van der Waals surface area contributed by atoms with Crippen molar-refractivity contribution in [3.63, 3.8) is 0 Å². The van der Waals surface area contributed by atoms with E-state index in [1.54, 1.807) is 24.3 Å². The lowest BCUT2D eigenvalue weighted by atomic mass is 10.1. The van der Waals surface area contributed by atoms with Gasteiger partial charge in [-0.2, -0.15) is 0 Å². The molecular weight excluding hydrogens is 467 g/mol. The number of fused-ring (bicyclic) bond motifs is 1. The van der Waals surface area contributed by atoms with E-state index in [-0.39, 0.29) is 35.8 Å². The van der Waals surface area contributed by atoms with Gasteiger partial charge < -0.3 is 10.2 Å². The molecule has 1 heterocycles. The van der Waals surface area contributed by atoms with Crippen molar-refractivity contribution in [3.8, 4) is 0 Å². The van der Waals surface area contributed by atoms with Gasteiger partial charge >= 0.3 is 0 Å². The lowest BCUT2D eigenvalue weighted by molar-refractivity contribution is 0.0652. The Balaban J connectivity index is 0.00000392. The van der Waals surface area contributed by atoms with Gasteiger partial charge in [0.1, 0.15) is 0 Å². The van der Waals surface area contributed by atoms with Gasteiger partial charge in [0.2, 0.25) is 0 Å². The van der Waals surface area contributed by atoms with Gasteiger partial charge in [0.25, 0.3) is 11.8 Å². The molecule has 1 N–H and O–H groups in total. The zero-order valence-corrected chi connectivity index (χ0v) is 19.1. The number of allylic oxidation sites excluding steroid dienone is 1. The van der Waals surface area contributed by atoms with E-state index in [2.05, 4.69) is 28.7 Å². The highest BCUT2D eigenvalue weighted by Crippen LogP contribution is 2.22. The maximum Gasteiger partial charge on any atom is 0.261 e. The summed E-state index contributed by atoms with van der Waals surface area (Å²) < 4.78 is 0. The number of hydrogen-bond acceptors (Lipinski definition) is 3. The van der Waals surface area contributed by atoms with Crippen molar-refractivity contribution in [3.05, 3.63) is 48.0 Å². The number of nitrogens with zero attached hydrogens (tertiary/aromatic N) is 3. The number of amides is 2. The Morgan fingerprint density at radius 3 is 2.39 bits per heavy atom. The van der Waals surface area contributed by atoms with Crippen LogP contribution in [0.5, 0.6) is 0 Å². The number of carbonyl (C=O) groups excluding carboxylic acids is 2. The fourth-order valence-electron chi connectivity index (χ4n) is 3.06. The molecule has 1 aliphatic heterocycles. The number of hydrogen-bond donors (Lipinski definition) is 1. The number of guanidine groups is 1. The molecule has 2 amide bonds. The third-order valence-electron chi connectivity index (χ3n) is 4.53. The monoisotopic (exact) mass is 498 g/mol. The maximum atomic E-state index is 12.3. The average molecular weight is 498 g/mol. The molecule has 0 atom stereocenters. The van der Waals surface area contributed by atoms with E-state index in [4.69, 9.17) is 0 Å². The predicted molar refractivity (Wildman–Crippen MR) is 124 cm³/mol. The summed E-state index contributed by atoms with van der Waals surface area (Å²) in [4.78, 5) is 32.8. The second-order valence-corrected chi connectivity index (χ2v) is 6.60.